The van der Waals surface area contributed by atoms with Crippen molar-refractivity contribution in [3.05, 3.63) is 0 Å². The van der Waals surface area contributed by atoms with Crippen molar-refractivity contribution in [1.29, 1.82) is 0 Å². The fourth-order valence-corrected chi connectivity index (χ4v) is 0.419. The van der Waals surface area contributed by atoms with Crippen molar-refractivity contribution in [2.75, 3.05) is 7.11 Å². The zero-order valence-corrected chi connectivity index (χ0v) is 6.60. The molecule has 0 aliphatic heterocycles. The summed E-state index contributed by atoms with van der Waals surface area (Å²) in [5, 5.41) is 0. The summed E-state index contributed by atoms with van der Waals surface area (Å²) in [6, 6.07) is 0. The molecule has 56 valence electrons. The number of ketones is 1. The highest BCUT2D eigenvalue weighted by molar-refractivity contribution is 5.88. The van der Waals surface area contributed by atoms with Crippen LogP contribution in [0.3, 0.4) is 0 Å². The van der Waals surface area contributed by atoms with Gasteiger partial charge in [0.1, 0.15) is 5.60 Å². The van der Waals surface area contributed by atoms with Gasteiger partial charge < -0.3 is 4.74 Å². The first-order valence-corrected chi connectivity index (χ1v) is 3.06. The third-order valence-electron chi connectivity index (χ3n) is 1.44. The fraction of sp³-hybridized carbons (Fsp3) is 0.625. The normalized spacial score (nSPS) is 10.6. The summed E-state index contributed by atoms with van der Waals surface area (Å²) in [6.45, 7) is 3.40. The Balaban J connectivity index is 4.08. The number of rotatable bonds is 3. The Kier molecular flexibility index (Phi) is 3.11. The van der Waals surface area contributed by atoms with Gasteiger partial charge in [0.25, 0.3) is 0 Å². The number of hydrogen-bond acceptors (Lipinski definition) is 2. The molecule has 0 fully saturated rings. The van der Waals surface area contributed by atoms with E-state index in [1.807, 2.05) is 0 Å². The molecule has 0 unspecified atom stereocenters. The second kappa shape index (κ2) is 3.38. The summed E-state index contributed by atoms with van der Waals surface area (Å²) in [4.78, 5) is 11.0. The van der Waals surface area contributed by atoms with Gasteiger partial charge >= 0.3 is 0 Å². The van der Waals surface area contributed by atoms with E-state index in [4.69, 9.17) is 11.2 Å². The van der Waals surface area contributed by atoms with Crippen LogP contribution < -0.4 is 0 Å². The van der Waals surface area contributed by atoms with E-state index in [2.05, 4.69) is 5.92 Å². The molecule has 0 radical (unpaired) electrons. The molecule has 0 aromatic carbocycles. The van der Waals surface area contributed by atoms with Gasteiger partial charge in [-0.15, -0.1) is 6.42 Å². The highest BCUT2D eigenvalue weighted by atomic mass is 16.5. The van der Waals surface area contributed by atoms with Crippen molar-refractivity contribution in [2.24, 2.45) is 0 Å². The molecule has 0 aromatic heterocycles. The zero-order chi connectivity index (χ0) is 8.20. The van der Waals surface area contributed by atoms with E-state index in [1.54, 1.807) is 13.8 Å². The summed E-state index contributed by atoms with van der Waals surface area (Å²) in [5.41, 5.74) is -0.730. The summed E-state index contributed by atoms with van der Waals surface area (Å²) in [5.74, 6) is 2.22. The highest BCUT2D eigenvalue weighted by Crippen LogP contribution is 2.10. The quantitative estimate of drug-likeness (QED) is 0.547. The Morgan fingerprint density at radius 3 is 2.50 bits per heavy atom. The number of terminal acetylenes is 1. The van der Waals surface area contributed by atoms with Crippen molar-refractivity contribution in [1.82, 2.24) is 0 Å². The number of hydrogen-bond donors (Lipinski definition) is 0. The Morgan fingerprint density at radius 2 is 2.20 bits per heavy atom. The van der Waals surface area contributed by atoms with E-state index in [1.165, 1.54) is 7.11 Å². The van der Waals surface area contributed by atoms with Gasteiger partial charge in [0.05, 0.1) is 6.42 Å². The lowest BCUT2D eigenvalue weighted by atomic mass is 10.0. The van der Waals surface area contributed by atoms with Crippen LogP contribution >= 0.6 is 0 Å². The third-order valence-corrected chi connectivity index (χ3v) is 1.44. The van der Waals surface area contributed by atoms with Crippen LogP contribution in [-0.4, -0.2) is 18.5 Å². The van der Waals surface area contributed by atoms with Gasteiger partial charge in [-0.3, -0.25) is 4.79 Å². The van der Waals surface area contributed by atoms with Gasteiger partial charge in [0, 0.05) is 7.11 Å². The minimum absolute atomic E-state index is 0.0579. The standard InChI is InChI=1S/C8H12O2/c1-5-6-7(9)8(2,3)10-4/h1H,6H2,2-4H3. The second-order valence-corrected chi connectivity index (χ2v) is 2.52. The first kappa shape index (κ1) is 9.19. The molecule has 0 amide bonds. The van der Waals surface area contributed by atoms with Crippen LogP contribution in [0.2, 0.25) is 0 Å². The maximum atomic E-state index is 11.0. The van der Waals surface area contributed by atoms with Crippen LogP contribution in [0.4, 0.5) is 0 Å². The summed E-state index contributed by atoms with van der Waals surface area (Å²) < 4.78 is 4.91. The van der Waals surface area contributed by atoms with E-state index in [9.17, 15) is 4.79 Å². The average molecular weight is 140 g/mol. The molecule has 0 bridgehead atoms. The largest absolute Gasteiger partial charge is 0.371 e. The van der Waals surface area contributed by atoms with Crippen LogP contribution in [0.15, 0.2) is 0 Å². The number of Topliss-reactive ketones (excluding diaryl/α,β-unsaturated/α-hetero) is 1. The highest BCUT2D eigenvalue weighted by Gasteiger charge is 2.25. The van der Waals surface area contributed by atoms with Gasteiger partial charge in [-0.25, -0.2) is 0 Å². The van der Waals surface area contributed by atoms with E-state index < -0.39 is 5.60 Å². The van der Waals surface area contributed by atoms with Crippen molar-refractivity contribution in [2.45, 2.75) is 25.9 Å². The molecule has 0 heterocycles. The van der Waals surface area contributed by atoms with Gasteiger partial charge in [0.15, 0.2) is 5.78 Å². The molecule has 0 aliphatic carbocycles. The van der Waals surface area contributed by atoms with E-state index >= 15 is 0 Å². The molecule has 0 saturated heterocycles. The molecule has 0 saturated carbocycles. The number of ether oxygens (including phenoxy) is 1. The molecule has 2 heteroatoms. The van der Waals surface area contributed by atoms with Crippen LogP contribution in [0, 0.1) is 12.3 Å². The minimum atomic E-state index is -0.730. The number of carbonyl (C=O) groups excluding carboxylic acids is 1. The lowest BCUT2D eigenvalue weighted by Gasteiger charge is -2.19. The molecular weight excluding hydrogens is 128 g/mol. The fourth-order valence-electron chi connectivity index (χ4n) is 0.419. The van der Waals surface area contributed by atoms with E-state index in [0.29, 0.717) is 0 Å². The molecular formula is C8H12O2. The van der Waals surface area contributed by atoms with E-state index in [0.717, 1.165) is 0 Å². The molecule has 0 N–H and O–H groups in total. The maximum Gasteiger partial charge on any atom is 0.175 e. The van der Waals surface area contributed by atoms with Crippen molar-refractivity contribution < 1.29 is 9.53 Å². The van der Waals surface area contributed by atoms with Gasteiger partial charge in [-0.2, -0.15) is 0 Å². The molecule has 2 nitrogen and oxygen atoms in total. The summed E-state index contributed by atoms with van der Waals surface area (Å²) >= 11 is 0. The SMILES string of the molecule is C#CCC(=O)C(C)(C)OC. The van der Waals surface area contributed by atoms with Gasteiger partial charge in [-0.05, 0) is 13.8 Å². The summed E-state index contributed by atoms with van der Waals surface area (Å²) in [7, 11) is 1.49. The molecule has 10 heavy (non-hydrogen) atoms. The lowest BCUT2D eigenvalue weighted by molar-refractivity contribution is -0.136. The monoisotopic (exact) mass is 140 g/mol. The lowest BCUT2D eigenvalue weighted by Crippen LogP contribution is -2.33. The molecule has 0 aromatic rings. The van der Waals surface area contributed by atoms with Crippen molar-refractivity contribution in [3.63, 3.8) is 0 Å². The summed E-state index contributed by atoms with van der Waals surface area (Å²) in [6.07, 6.45) is 5.09. The van der Waals surface area contributed by atoms with Gasteiger partial charge in [-0.1, -0.05) is 5.92 Å². The third kappa shape index (κ3) is 2.20. The van der Waals surface area contributed by atoms with Crippen molar-refractivity contribution in [3.8, 4) is 12.3 Å². The predicted molar refractivity (Wildman–Crippen MR) is 39.5 cm³/mol. The van der Waals surface area contributed by atoms with Crippen LogP contribution in [0.1, 0.15) is 20.3 Å². The Hall–Kier alpha value is -0.810. The average Bonchev–Trinajstić information content (AvgIpc) is 1.89. The topological polar surface area (TPSA) is 26.3 Å². The minimum Gasteiger partial charge on any atom is -0.371 e. The zero-order valence-electron chi connectivity index (χ0n) is 6.60. The molecule has 0 spiro atoms. The Labute approximate surface area is 61.6 Å². The number of methoxy groups -OCH3 is 1. The Bertz CT molecular complexity index is 163. The number of carbonyl (C=O) groups is 1. The van der Waals surface area contributed by atoms with Crippen LogP contribution in [-0.2, 0) is 9.53 Å². The first-order valence-electron chi connectivity index (χ1n) is 3.06. The predicted octanol–water partition coefficient (Wildman–Crippen LogP) is 1.00. The second-order valence-electron chi connectivity index (χ2n) is 2.52. The van der Waals surface area contributed by atoms with E-state index in [-0.39, 0.29) is 12.2 Å². The van der Waals surface area contributed by atoms with Crippen LogP contribution in [0.25, 0.3) is 0 Å². The smallest absolute Gasteiger partial charge is 0.175 e. The maximum absolute atomic E-state index is 11.0. The van der Waals surface area contributed by atoms with Gasteiger partial charge in [0.2, 0.25) is 0 Å². The van der Waals surface area contributed by atoms with Crippen LogP contribution in [0.5, 0.6) is 0 Å². The molecule has 0 aliphatic rings. The molecule has 0 atom stereocenters. The Morgan fingerprint density at radius 1 is 1.70 bits per heavy atom. The van der Waals surface area contributed by atoms with Crippen molar-refractivity contribution >= 4 is 5.78 Å². The first-order chi connectivity index (χ1) is 4.54. The molecule has 0 rings (SSSR count).